The second kappa shape index (κ2) is 16.2. The van der Waals surface area contributed by atoms with Gasteiger partial charge in [-0.05, 0) is 145 Å². The van der Waals surface area contributed by atoms with Gasteiger partial charge < -0.3 is 20.3 Å². The maximum atomic E-state index is 15.0. The third-order valence-corrected chi connectivity index (χ3v) is 19.7. The Morgan fingerprint density at radius 2 is 1.54 bits per heavy atom. The van der Waals surface area contributed by atoms with E-state index in [0.29, 0.717) is 25.0 Å². The highest BCUT2D eigenvalue weighted by atomic mass is 32.2. The average molecular weight is 859 g/mol. The quantitative estimate of drug-likeness (QED) is 0.195. The number of amides is 1. The van der Waals surface area contributed by atoms with E-state index in [1.807, 2.05) is 50.3 Å². The van der Waals surface area contributed by atoms with Crippen LogP contribution in [0.1, 0.15) is 126 Å². The van der Waals surface area contributed by atoms with Crippen LogP contribution in [0.3, 0.4) is 0 Å². The molecule has 0 bridgehead atoms. The van der Waals surface area contributed by atoms with Crippen LogP contribution in [0.4, 0.5) is 0 Å². The number of fused-ring (bicyclic) bond motifs is 7. The molecule has 4 saturated carbocycles. The summed E-state index contributed by atoms with van der Waals surface area (Å²) in [5, 5.41) is 26.6. The Bertz CT molecular complexity index is 2100. The summed E-state index contributed by atoms with van der Waals surface area (Å²) in [6.07, 6.45) is 8.48. The predicted molar refractivity (Wildman–Crippen MR) is 240 cm³/mol. The number of rotatable bonds is 12. The summed E-state index contributed by atoms with van der Waals surface area (Å²) in [5.74, 6) is 0.810. The van der Waals surface area contributed by atoms with Crippen molar-refractivity contribution in [2.75, 3.05) is 20.2 Å². The summed E-state index contributed by atoms with van der Waals surface area (Å²) in [6, 6.07) is 15.2. The third-order valence-electron chi connectivity index (χ3n) is 17.8. The normalized spacial score (nSPS) is 36.8. The third kappa shape index (κ3) is 7.75. The predicted octanol–water partition coefficient (Wildman–Crippen LogP) is 8.77. The van der Waals surface area contributed by atoms with Gasteiger partial charge in [0.25, 0.3) is 0 Å². The molecule has 0 spiro atoms. The molecule has 0 heterocycles. The Balaban J connectivity index is 1.17. The van der Waals surface area contributed by atoms with E-state index >= 15 is 0 Å². The van der Waals surface area contributed by atoms with E-state index in [4.69, 9.17) is 4.74 Å². The zero-order chi connectivity index (χ0) is 44.6. The molecule has 0 radical (unpaired) electrons. The fourth-order valence-electron chi connectivity index (χ4n) is 13.8. The van der Waals surface area contributed by atoms with E-state index in [-0.39, 0.29) is 86.5 Å². The lowest BCUT2D eigenvalue weighted by Crippen LogP contribution is -2.66. The van der Waals surface area contributed by atoms with Crippen LogP contribution < -0.4 is 10.1 Å². The Labute approximate surface area is 366 Å². The molecule has 11 atom stereocenters. The molecule has 2 aromatic carbocycles. The van der Waals surface area contributed by atoms with Gasteiger partial charge in [-0.1, -0.05) is 98.2 Å². The number of hydrogen-bond acceptors (Lipinski definition) is 7. The summed E-state index contributed by atoms with van der Waals surface area (Å²) in [4.78, 5) is 30.0. The smallest absolute Gasteiger partial charge is 0.243 e. The van der Waals surface area contributed by atoms with Crippen LogP contribution >= 0.6 is 0 Å². The van der Waals surface area contributed by atoms with E-state index in [1.165, 1.54) is 29.1 Å². The Hall–Kier alpha value is -3.05. The van der Waals surface area contributed by atoms with Crippen molar-refractivity contribution in [3.05, 3.63) is 71.8 Å². The summed E-state index contributed by atoms with van der Waals surface area (Å²) < 4.78 is 34.8. The minimum absolute atomic E-state index is 0.0159. The SMILES string of the molecule is COc1ccc(S(=O)(=O)N(CC(C)C)C[C@@H](O)[C@H](Cc2ccccc2)NC(=O)[C@@]2(C)CC[C@]3(C)CC[C@]4(C)C(=CC(=O)[C@@H]5[C@@]6(C)CC[C@H](O)C(C)(C)[C@@H]6CC[C@]54C)[C@@H]3C2)cc1. The minimum Gasteiger partial charge on any atom is -0.497 e. The molecule has 10 heteroatoms. The van der Waals surface area contributed by atoms with Crippen LogP contribution in [0.5, 0.6) is 5.75 Å². The molecule has 9 nitrogen and oxygen atoms in total. The molecule has 3 N–H and O–H groups in total. The Morgan fingerprint density at radius 1 is 0.885 bits per heavy atom. The molecule has 0 aromatic heterocycles. The van der Waals surface area contributed by atoms with Crippen LogP contribution in [0, 0.1) is 56.2 Å². The second-order valence-electron chi connectivity index (χ2n) is 22.4. The Kier molecular flexibility index (Phi) is 12.2. The molecule has 61 heavy (non-hydrogen) atoms. The number of carbonyl (C=O) groups is 2. The lowest BCUT2D eigenvalue weighted by Gasteiger charge is -2.70. The van der Waals surface area contributed by atoms with Gasteiger partial charge in [-0.25, -0.2) is 8.42 Å². The molecule has 0 saturated heterocycles. The first-order valence-electron chi connectivity index (χ1n) is 23.1. The average Bonchev–Trinajstić information content (AvgIpc) is 3.20. The topological polar surface area (TPSA) is 133 Å². The summed E-state index contributed by atoms with van der Waals surface area (Å²) >= 11 is 0. The van der Waals surface area contributed by atoms with E-state index in [9.17, 15) is 28.2 Å². The highest BCUT2D eigenvalue weighted by Gasteiger charge is 2.70. The van der Waals surface area contributed by atoms with Crippen LogP contribution in [0.2, 0.25) is 0 Å². The van der Waals surface area contributed by atoms with E-state index in [1.54, 1.807) is 12.1 Å². The number of carbonyl (C=O) groups excluding carboxylic acids is 2. The number of benzene rings is 2. The van der Waals surface area contributed by atoms with Gasteiger partial charge in [0.1, 0.15) is 5.75 Å². The zero-order valence-corrected chi connectivity index (χ0v) is 39.4. The van der Waals surface area contributed by atoms with Gasteiger partial charge in [0, 0.05) is 24.4 Å². The van der Waals surface area contributed by atoms with E-state index in [2.05, 4.69) is 53.8 Å². The maximum absolute atomic E-state index is 15.0. The van der Waals surface area contributed by atoms with Crippen molar-refractivity contribution in [1.29, 1.82) is 0 Å². The fraction of sp³-hybridized carbons (Fsp3) is 0.686. The molecule has 336 valence electrons. The van der Waals surface area contributed by atoms with Gasteiger partial charge in [-0.2, -0.15) is 4.31 Å². The summed E-state index contributed by atoms with van der Waals surface area (Å²) in [6.45, 7) is 19.9. The lowest BCUT2D eigenvalue weighted by molar-refractivity contribution is -0.202. The van der Waals surface area contributed by atoms with Gasteiger partial charge in [-0.15, -0.1) is 0 Å². The van der Waals surface area contributed by atoms with Crippen molar-refractivity contribution in [3.8, 4) is 5.75 Å². The van der Waals surface area contributed by atoms with E-state index < -0.39 is 27.6 Å². The van der Waals surface area contributed by atoms with Crippen molar-refractivity contribution in [2.24, 2.45) is 56.2 Å². The van der Waals surface area contributed by atoms with Gasteiger partial charge >= 0.3 is 0 Å². The maximum Gasteiger partial charge on any atom is 0.243 e. The molecule has 5 aliphatic carbocycles. The first-order chi connectivity index (χ1) is 28.4. The van der Waals surface area contributed by atoms with Crippen molar-refractivity contribution in [3.63, 3.8) is 0 Å². The summed E-state index contributed by atoms with van der Waals surface area (Å²) in [7, 11) is -2.47. The number of hydrogen-bond donors (Lipinski definition) is 3. The molecule has 0 aliphatic heterocycles. The van der Waals surface area contributed by atoms with Crippen LogP contribution in [-0.4, -0.2) is 73.1 Å². The number of ketones is 1. The molecular formula is C51H74N2O7S. The Morgan fingerprint density at radius 3 is 2.18 bits per heavy atom. The largest absolute Gasteiger partial charge is 0.497 e. The first kappa shape index (κ1) is 46.0. The van der Waals surface area contributed by atoms with Crippen molar-refractivity contribution >= 4 is 21.7 Å². The van der Waals surface area contributed by atoms with Gasteiger partial charge in [0.2, 0.25) is 15.9 Å². The number of nitrogens with one attached hydrogen (secondary N) is 1. The van der Waals surface area contributed by atoms with Crippen molar-refractivity contribution < 1.29 is 33.0 Å². The van der Waals surface area contributed by atoms with Gasteiger partial charge in [-0.3, -0.25) is 9.59 Å². The van der Waals surface area contributed by atoms with Crippen molar-refractivity contribution in [1.82, 2.24) is 9.62 Å². The molecular weight excluding hydrogens is 785 g/mol. The molecule has 7 rings (SSSR count). The number of sulfonamides is 1. The van der Waals surface area contributed by atoms with Crippen LogP contribution in [0.25, 0.3) is 0 Å². The molecule has 1 amide bonds. The monoisotopic (exact) mass is 859 g/mol. The standard InChI is InChI=1S/C51H74N2O7S/c1-33(2)31-53(61(58,59)36-18-16-35(60-10)17-19-36)32-41(55)39(28-34-14-12-11-13-15-34)52-45(57)48(6)25-24-47(5)26-27-50(8)37(38(47)30-48)29-40(54)44-49(7)22-21-43(56)46(3,4)42(49)20-23-51(44,50)9/h11-19,29,33,38-39,41-44,55-56H,20-28,30-32H2,1-10H3,(H,52,57)/t38-,39-,41+,42-,43-,44+,47+,48-,49-,50+,51+/m0/s1. The number of aliphatic hydroxyl groups excluding tert-OH is 2. The zero-order valence-electron chi connectivity index (χ0n) is 38.6. The van der Waals surface area contributed by atoms with E-state index in [0.717, 1.165) is 50.5 Å². The highest BCUT2D eigenvalue weighted by Crippen LogP contribution is 2.75. The summed E-state index contributed by atoms with van der Waals surface area (Å²) in [5.41, 5.74) is 0.419. The number of ether oxygens (including phenoxy) is 1. The number of allylic oxidation sites excluding steroid dienone is 2. The van der Waals surface area contributed by atoms with Gasteiger partial charge in [0.05, 0.1) is 30.3 Å². The van der Waals surface area contributed by atoms with Gasteiger partial charge in [0.15, 0.2) is 5.78 Å². The minimum atomic E-state index is -4.00. The molecule has 5 aliphatic rings. The molecule has 4 fully saturated rings. The second-order valence-corrected chi connectivity index (χ2v) is 24.3. The fourth-order valence-corrected chi connectivity index (χ4v) is 15.4. The molecule has 2 aromatic rings. The number of aliphatic hydroxyl groups is 2. The van der Waals surface area contributed by atoms with Crippen LogP contribution in [-0.2, 0) is 26.0 Å². The number of methoxy groups -OCH3 is 1. The van der Waals surface area contributed by atoms with Crippen LogP contribution in [0.15, 0.2) is 71.1 Å². The molecule has 0 unspecified atom stereocenters. The highest BCUT2D eigenvalue weighted by molar-refractivity contribution is 7.89. The van der Waals surface area contributed by atoms with Crippen molar-refractivity contribution in [2.45, 2.75) is 150 Å². The lowest BCUT2D eigenvalue weighted by atomic mass is 9.33. The number of nitrogens with zero attached hydrogens (tertiary/aromatic N) is 1. The first-order valence-corrected chi connectivity index (χ1v) is 24.5.